The summed E-state index contributed by atoms with van der Waals surface area (Å²) in [5.41, 5.74) is 0.757. The molecule has 0 spiro atoms. The number of halogens is 1. The fourth-order valence-electron chi connectivity index (χ4n) is 4.31. The molecule has 1 aliphatic carbocycles. The lowest BCUT2D eigenvalue weighted by Crippen LogP contribution is -2.66. The third-order valence-corrected chi connectivity index (χ3v) is 5.95. The molecule has 0 bridgehead atoms. The second-order valence-corrected chi connectivity index (χ2v) is 7.21. The van der Waals surface area contributed by atoms with Gasteiger partial charge in [-0.3, -0.25) is 4.68 Å². The van der Waals surface area contributed by atoms with E-state index in [9.17, 15) is 5.11 Å². The fraction of sp³-hybridized carbons (Fsp3) is 0.529. The standard InChI is InChI=1S/C17H20ClN3O2/c18-15-3-1-13(2-4-15)7-14-5-6-16(9-22)10-23-17(14,16)8-21-12-19-11-20-21/h1-4,11-12,14,22H,5-10H2. The van der Waals surface area contributed by atoms with Crippen molar-refractivity contribution in [1.82, 2.24) is 14.8 Å². The molecule has 2 aromatic rings. The third kappa shape index (κ3) is 2.30. The number of hydrogen-bond donors (Lipinski definition) is 1. The number of aromatic nitrogens is 3. The lowest BCUT2D eigenvalue weighted by atomic mass is 9.66. The molecule has 3 unspecified atom stereocenters. The van der Waals surface area contributed by atoms with E-state index in [2.05, 4.69) is 22.2 Å². The zero-order chi connectivity index (χ0) is 15.9. The lowest BCUT2D eigenvalue weighted by Gasteiger charge is -2.56. The summed E-state index contributed by atoms with van der Waals surface area (Å²) in [6, 6.07) is 8.00. The Labute approximate surface area is 140 Å². The Hall–Kier alpha value is -1.43. The van der Waals surface area contributed by atoms with Crippen LogP contribution in [0.1, 0.15) is 18.4 Å². The third-order valence-electron chi connectivity index (χ3n) is 5.70. The molecular weight excluding hydrogens is 314 g/mol. The van der Waals surface area contributed by atoms with Crippen LogP contribution < -0.4 is 0 Å². The molecule has 2 fully saturated rings. The van der Waals surface area contributed by atoms with Crippen molar-refractivity contribution in [2.75, 3.05) is 13.2 Å². The molecule has 2 heterocycles. The molecule has 2 aliphatic rings. The Balaban J connectivity index is 1.62. The summed E-state index contributed by atoms with van der Waals surface area (Å²) < 4.78 is 7.97. The molecule has 1 aromatic heterocycles. The van der Waals surface area contributed by atoms with Gasteiger partial charge in [-0.15, -0.1) is 0 Å². The summed E-state index contributed by atoms with van der Waals surface area (Å²) in [6.45, 7) is 1.44. The topological polar surface area (TPSA) is 60.2 Å². The van der Waals surface area contributed by atoms with Crippen LogP contribution >= 0.6 is 11.6 Å². The summed E-state index contributed by atoms with van der Waals surface area (Å²) >= 11 is 5.98. The van der Waals surface area contributed by atoms with E-state index in [4.69, 9.17) is 16.3 Å². The van der Waals surface area contributed by atoms with E-state index in [-0.39, 0.29) is 17.6 Å². The molecule has 1 N–H and O–H groups in total. The first kappa shape index (κ1) is 15.1. The molecule has 122 valence electrons. The predicted molar refractivity (Wildman–Crippen MR) is 86.1 cm³/mol. The first-order chi connectivity index (χ1) is 11.2. The van der Waals surface area contributed by atoms with Crippen molar-refractivity contribution in [2.45, 2.75) is 31.4 Å². The molecule has 0 radical (unpaired) electrons. The van der Waals surface area contributed by atoms with Crippen molar-refractivity contribution in [3.8, 4) is 0 Å². The van der Waals surface area contributed by atoms with E-state index in [1.54, 1.807) is 12.7 Å². The fourth-order valence-corrected chi connectivity index (χ4v) is 4.43. The molecule has 1 saturated carbocycles. The largest absolute Gasteiger partial charge is 0.396 e. The van der Waals surface area contributed by atoms with Gasteiger partial charge in [0.05, 0.1) is 19.8 Å². The highest BCUT2D eigenvalue weighted by molar-refractivity contribution is 6.30. The van der Waals surface area contributed by atoms with Crippen molar-refractivity contribution < 1.29 is 9.84 Å². The quantitative estimate of drug-likeness (QED) is 0.912. The number of aliphatic hydroxyl groups excluding tert-OH is 1. The summed E-state index contributed by atoms with van der Waals surface area (Å²) in [5.74, 6) is 0.355. The van der Waals surface area contributed by atoms with Crippen LogP contribution in [0.3, 0.4) is 0 Å². The number of hydrogen-bond acceptors (Lipinski definition) is 4. The average molecular weight is 334 g/mol. The highest BCUT2D eigenvalue weighted by Crippen LogP contribution is 2.60. The van der Waals surface area contributed by atoms with Crippen LogP contribution in [0, 0.1) is 11.3 Å². The van der Waals surface area contributed by atoms with Gasteiger partial charge in [0.2, 0.25) is 0 Å². The average Bonchev–Trinajstić information content (AvgIpc) is 3.12. The molecule has 1 aliphatic heterocycles. The molecule has 1 aromatic carbocycles. The van der Waals surface area contributed by atoms with Crippen LogP contribution in [0.25, 0.3) is 0 Å². The zero-order valence-electron chi connectivity index (χ0n) is 12.9. The van der Waals surface area contributed by atoms with Gasteiger partial charge in [0, 0.05) is 10.4 Å². The van der Waals surface area contributed by atoms with Crippen LogP contribution in [0.5, 0.6) is 0 Å². The Bertz CT molecular complexity index is 672. The van der Waals surface area contributed by atoms with Gasteiger partial charge in [-0.05, 0) is 42.9 Å². The Kier molecular flexibility index (Phi) is 3.67. The van der Waals surface area contributed by atoms with Gasteiger partial charge in [0.25, 0.3) is 0 Å². The molecule has 23 heavy (non-hydrogen) atoms. The summed E-state index contributed by atoms with van der Waals surface area (Å²) in [4.78, 5) is 4.03. The highest BCUT2D eigenvalue weighted by Gasteiger charge is 2.67. The van der Waals surface area contributed by atoms with Gasteiger partial charge in [-0.25, -0.2) is 4.98 Å². The predicted octanol–water partition coefficient (Wildman–Crippen LogP) is 2.33. The van der Waals surface area contributed by atoms with E-state index < -0.39 is 0 Å². The van der Waals surface area contributed by atoms with Gasteiger partial charge in [0.15, 0.2) is 0 Å². The molecule has 0 amide bonds. The minimum atomic E-state index is -0.352. The number of aliphatic hydroxyl groups is 1. The van der Waals surface area contributed by atoms with Gasteiger partial charge in [0.1, 0.15) is 18.3 Å². The molecule has 6 heteroatoms. The molecular formula is C17H20ClN3O2. The number of rotatable bonds is 5. The van der Waals surface area contributed by atoms with Crippen LogP contribution in [-0.4, -0.2) is 38.7 Å². The van der Waals surface area contributed by atoms with Crippen molar-refractivity contribution in [2.24, 2.45) is 11.3 Å². The Morgan fingerprint density at radius 3 is 2.78 bits per heavy atom. The first-order valence-corrected chi connectivity index (χ1v) is 8.37. The number of benzene rings is 1. The van der Waals surface area contributed by atoms with Gasteiger partial charge >= 0.3 is 0 Å². The van der Waals surface area contributed by atoms with Gasteiger partial charge < -0.3 is 9.84 Å². The van der Waals surface area contributed by atoms with E-state index in [1.807, 2.05) is 16.8 Å². The summed E-state index contributed by atoms with van der Waals surface area (Å²) in [5, 5.41) is 15.0. The minimum absolute atomic E-state index is 0.143. The molecule has 4 rings (SSSR count). The second kappa shape index (κ2) is 5.58. The maximum Gasteiger partial charge on any atom is 0.137 e. The first-order valence-electron chi connectivity index (χ1n) is 7.99. The minimum Gasteiger partial charge on any atom is -0.396 e. The summed E-state index contributed by atoms with van der Waals surface area (Å²) in [6.07, 6.45) is 6.23. The molecule has 5 nitrogen and oxygen atoms in total. The van der Waals surface area contributed by atoms with Crippen molar-refractivity contribution in [3.63, 3.8) is 0 Å². The number of fused-ring (bicyclic) bond motifs is 1. The van der Waals surface area contributed by atoms with Crippen LogP contribution in [0.2, 0.25) is 5.02 Å². The van der Waals surface area contributed by atoms with Crippen molar-refractivity contribution >= 4 is 11.6 Å². The van der Waals surface area contributed by atoms with Crippen LogP contribution in [0.15, 0.2) is 36.9 Å². The van der Waals surface area contributed by atoms with Crippen molar-refractivity contribution in [3.05, 3.63) is 47.5 Å². The highest BCUT2D eigenvalue weighted by atomic mass is 35.5. The maximum atomic E-state index is 10.0. The Morgan fingerprint density at radius 1 is 1.35 bits per heavy atom. The second-order valence-electron chi connectivity index (χ2n) is 6.78. The van der Waals surface area contributed by atoms with Crippen molar-refractivity contribution in [1.29, 1.82) is 0 Å². The van der Waals surface area contributed by atoms with Gasteiger partial charge in [-0.2, -0.15) is 5.10 Å². The van der Waals surface area contributed by atoms with Crippen LogP contribution in [0.4, 0.5) is 0 Å². The monoisotopic (exact) mass is 333 g/mol. The van der Waals surface area contributed by atoms with E-state index >= 15 is 0 Å². The number of nitrogens with zero attached hydrogens (tertiary/aromatic N) is 3. The van der Waals surface area contributed by atoms with Crippen LogP contribution in [-0.2, 0) is 17.7 Å². The number of ether oxygens (including phenoxy) is 1. The maximum absolute atomic E-state index is 10.0. The molecule has 1 saturated heterocycles. The molecule has 3 atom stereocenters. The van der Waals surface area contributed by atoms with E-state index in [0.29, 0.717) is 19.1 Å². The zero-order valence-corrected chi connectivity index (χ0v) is 13.6. The summed E-state index contributed by atoms with van der Waals surface area (Å²) in [7, 11) is 0. The van der Waals surface area contributed by atoms with E-state index in [0.717, 1.165) is 24.3 Å². The van der Waals surface area contributed by atoms with Gasteiger partial charge in [-0.1, -0.05) is 23.7 Å². The SMILES string of the molecule is OCC12CCC(Cc3ccc(Cl)cc3)C1(Cn1cncn1)OC2. The van der Waals surface area contributed by atoms with E-state index in [1.165, 1.54) is 5.56 Å². The normalized spacial score (nSPS) is 32.5. The Morgan fingerprint density at radius 2 is 2.17 bits per heavy atom. The lowest BCUT2D eigenvalue weighted by molar-refractivity contribution is -0.286. The smallest absolute Gasteiger partial charge is 0.137 e.